The van der Waals surface area contributed by atoms with E-state index in [-0.39, 0.29) is 43.6 Å². The van der Waals surface area contributed by atoms with E-state index < -0.39 is 16.6 Å². The topological polar surface area (TPSA) is 222 Å². The number of nitrogens with one attached hydrogen (secondary N) is 1. The van der Waals surface area contributed by atoms with E-state index >= 15 is 0 Å². The van der Waals surface area contributed by atoms with Crippen LogP contribution >= 0.6 is 0 Å². The first-order chi connectivity index (χ1) is 22.0. The number of anilines is 2. The first-order valence-corrected chi connectivity index (χ1v) is 14.3. The number of fused-ring (bicyclic) bond motifs is 1. The number of H-pyrrole nitrogens is 1. The van der Waals surface area contributed by atoms with Crippen molar-refractivity contribution in [2.24, 2.45) is 0 Å². The number of aromatic nitrogens is 2. The first-order valence-electron chi connectivity index (χ1n) is 13.3. The van der Waals surface area contributed by atoms with Gasteiger partial charge in [0.15, 0.2) is 0 Å². The van der Waals surface area contributed by atoms with E-state index in [2.05, 4.69) is 19.4 Å². The minimum atomic E-state index is -3.11. The van der Waals surface area contributed by atoms with Crippen LogP contribution in [-0.4, -0.2) is 66.8 Å². The summed E-state index contributed by atoms with van der Waals surface area (Å²) in [5.74, 6) is 0.0567. The SMILES string of the molecule is CCO.COC(=O)c1ccc(-c2nc3ccccc3[nH]2)cc1.COC(=O)c1ccc(C=O)cc1.Nc1ccccc1N.O=S(=O)=O.[H-].[Na+]. The molecule has 5 aromatic rings. The average Bonchev–Trinajstić information content (AvgIpc) is 3.51. The molecule has 0 atom stereocenters. The second-order valence-electron chi connectivity index (χ2n) is 8.55. The van der Waals surface area contributed by atoms with E-state index in [1.807, 2.05) is 48.5 Å². The minimum Gasteiger partial charge on any atom is -1.00 e. The number of benzene rings is 4. The number of carbonyl (C=O) groups is 3. The number of ether oxygens (including phenoxy) is 2. The Morgan fingerprint density at radius 1 is 0.809 bits per heavy atom. The molecule has 0 spiro atoms. The summed E-state index contributed by atoms with van der Waals surface area (Å²) < 4.78 is 34.5. The Labute approximate surface area is 296 Å². The van der Waals surface area contributed by atoms with Crippen LogP contribution in [-0.2, 0) is 20.1 Å². The molecule has 15 heteroatoms. The van der Waals surface area contributed by atoms with Crippen LogP contribution < -0.4 is 41.0 Å². The van der Waals surface area contributed by atoms with Gasteiger partial charge in [-0.3, -0.25) is 4.79 Å². The zero-order valence-corrected chi connectivity index (χ0v) is 29.1. The molecule has 0 amide bonds. The number of nitrogens with two attached hydrogens (primary N) is 2. The van der Waals surface area contributed by atoms with Crippen LogP contribution in [0.5, 0.6) is 0 Å². The molecule has 1 heterocycles. The van der Waals surface area contributed by atoms with Crippen molar-refractivity contribution >= 4 is 51.2 Å². The molecule has 0 radical (unpaired) electrons. The third kappa shape index (κ3) is 15.8. The predicted molar refractivity (Wildman–Crippen MR) is 175 cm³/mol. The molecule has 1 aromatic heterocycles. The van der Waals surface area contributed by atoms with Crippen LogP contribution in [0.4, 0.5) is 11.4 Å². The molecule has 5 rings (SSSR count). The van der Waals surface area contributed by atoms with E-state index in [4.69, 9.17) is 29.2 Å². The van der Waals surface area contributed by atoms with Gasteiger partial charge in [0.2, 0.25) is 0 Å². The Kier molecular flexibility index (Phi) is 21.0. The van der Waals surface area contributed by atoms with Gasteiger partial charge in [-0.1, -0.05) is 48.5 Å². The fourth-order valence-corrected chi connectivity index (χ4v) is 3.30. The van der Waals surface area contributed by atoms with Gasteiger partial charge in [-0.05, 0) is 55.5 Å². The van der Waals surface area contributed by atoms with Crippen molar-refractivity contribution in [1.29, 1.82) is 0 Å². The maximum absolute atomic E-state index is 11.4. The molecule has 47 heavy (non-hydrogen) atoms. The predicted octanol–water partition coefficient (Wildman–Crippen LogP) is 1.26. The average molecular weight is 675 g/mol. The largest absolute Gasteiger partial charge is 1.00 e. The molecule has 13 nitrogen and oxygen atoms in total. The molecule has 244 valence electrons. The maximum atomic E-state index is 11.4. The fourth-order valence-electron chi connectivity index (χ4n) is 3.30. The first kappa shape index (κ1) is 42.1. The number of nitrogens with zero attached hydrogens (tertiary/aromatic N) is 1. The van der Waals surface area contributed by atoms with Gasteiger partial charge in [0, 0.05) is 17.7 Å². The number of aromatic amines is 1. The second-order valence-corrected chi connectivity index (χ2v) is 8.96. The van der Waals surface area contributed by atoms with E-state index in [1.165, 1.54) is 14.2 Å². The quantitative estimate of drug-likeness (QED) is 0.0916. The molecule has 6 N–H and O–H groups in total. The van der Waals surface area contributed by atoms with E-state index in [9.17, 15) is 14.4 Å². The summed E-state index contributed by atoms with van der Waals surface area (Å²) in [6.45, 7) is 1.93. The third-order valence-corrected chi connectivity index (χ3v) is 5.43. The number of aliphatic hydroxyl groups is 1. The summed E-state index contributed by atoms with van der Waals surface area (Å²) in [6.07, 6.45) is 0.723. The van der Waals surface area contributed by atoms with Crippen molar-refractivity contribution in [2.75, 3.05) is 32.3 Å². The molecule has 0 bridgehead atoms. The van der Waals surface area contributed by atoms with Crippen LogP contribution in [0.25, 0.3) is 22.4 Å². The van der Waals surface area contributed by atoms with Crippen molar-refractivity contribution in [1.82, 2.24) is 9.97 Å². The van der Waals surface area contributed by atoms with Crippen LogP contribution in [0.3, 0.4) is 0 Å². The molecule has 0 aliphatic carbocycles. The zero-order chi connectivity index (χ0) is 34.5. The number of hydrogen-bond acceptors (Lipinski definition) is 12. The number of aldehydes is 1. The van der Waals surface area contributed by atoms with Gasteiger partial charge in [-0.2, -0.15) is 0 Å². The van der Waals surface area contributed by atoms with Gasteiger partial charge < -0.3 is 32.5 Å². The van der Waals surface area contributed by atoms with Gasteiger partial charge in [-0.25, -0.2) is 14.6 Å². The van der Waals surface area contributed by atoms with Crippen molar-refractivity contribution in [3.05, 3.63) is 114 Å². The van der Waals surface area contributed by atoms with E-state index in [0.29, 0.717) is 28.1 Å². The number of carbonyl (C=O) groups excluding carboxylic acids is 3. The number of aliphatic hydroxyl groups excluding tert-OH is 1. The van der Waals surface area contributed by atoms with Crippen molar-refractivity contribution < 1.29 is 72.6 Å². The van der Waals surface area contributed by atoms with E-state index in [0.717, 1.165) is 28.7 Å². The van der Waals surface area contributed by atoms with Crippen LogP contribution in [0.2, 0.25) is 0 Å². The zero-order valence-electron chi connectivity index (χ0n) is 27.2. The second kappa shape index (κ2) is 23.5. The summed E-state index contributed by atoms with van der Waals surface area (Å²) in [5.41, 5.74) is 16.5. The standard InChI is InChI=1S/C15H12N2O2.C9H8O3.C6H8N2.C2H6O.Na.O3S.H/c1-19-15(18)11-8-6-10(7-9-11)14-16-12-4-2-3-5-13(12)17-14;1-12-9(11)8-4-2-7(6-10)3-5-8;7-5-3-1-2-4-6(5)8;1-2-3;;1-4(2)3;/h2-9H,1H3,(H,16,17);2-6H,1H3;1-4H,7-8H2;3H,2H2,1H3;;;/q;;;;+1;;-1. The van der Waals surface area contributed by atoms with Crippen LogP contribution in [0, 0.1) is 0 Å². The molecular formula is C32H35N4NaO9S. The number of esters is 2. The molecule has 0 fully saturated rings. The molecule has 0 aliphatic heterocycles. The van der Waals surface area contributed by atoms with Crippen LogP contribution in [0.1, 0.15) is 39.4 Å². The fraction of sp³-hybridized carbons (Fsp3) is 0.125. The molecule has 0 saturated carbocycles. The smallest absolute Gasteiger partial charge is 1.00 e. The Hall–Kier alpha value is -4.86. The number of imidazole rings is 1. The molecular weight excluding hydrogens is 639 g/mol. The summed E-state index contributed by atoms with van der Waals surface area (Å²) >= 11 is 0. The monoisotopic (exact) mass is 674 g/mol. The van der Waals surface area contributed by atoms with Gasteiger partial charge in [0.05, 0.1) is 47.8 Å². The third-order valence-electron chi connectivity index (χ3n) is 5.43. The van der Waals surface area contributed by atoms with Crippen molar-refractivity contribution in [3.8, 4) is 11.4 Å². The van der Waals surface area contributed by atoms with Crippen LogP contribution in [0.15, 0.2) is 97.1 Å². The Bertz CT molecular complexity index is 1740. The number of methoxy groups -OCH3 is 2. The van der Waals surface area contributed by atoms with Gasteiger partial charge in [0.1, 0.15) is 12.1 Å². The van der Waals surface area contributed by atoms with E-state index in [1.54, 1.807) is 55.5 Å². The number of rotatable bonds is 4. The molecule has 0 saturated heterocycles. The normalized spacial score (nSPS) is 9.02. The van der Waals surface area contributed by atoms with Crippen molar-refractivity contribution in [2.45, 2.75) is 6.92 Å². The van der Waals surface area contributed by atoms with Gasteiger partial charge in [0.25, 0.3) is 0 Å². The Balaban J connectivity index is 0. The number of para-hydroxylation sites is 4. The number of nitrogen functional groups attached to an aromatic ring is 2. The molecule has 0 unspecified atom stereocenters. The summed E-state index contributed by atoms with van der Waals surface area (Å²) in [4.78, 5) is 40.3. The van der Waals surface area contributed by atoms with Gasteiger partial charge >= 0.3 is 52.1 Å². The maximum Gasteiger partial charge on any atom is 1.00 e. The van der Waals surface area contributed by atoms with Gasteiger partial charge in [-0.15, -0.1) is 12.6 Å². The summed E-state index contributed by atoms with van der Waals surface area (Å²) in [5, 5.41) is 7.57. The minimum absolute atomic E-state index is 0. The molecule has 0 aliphatic rings. The number of hydrogen-bond donors (Lipinski definition) is 4. The Morgan fingerprint density at radius 2 is 1.21 bits per heavy atom. The Morgan fingerprint density at radius 3 is 1.60 bits per heavy atom. The van der Waals surface area contributed by atoms with Crippen molar-refractivity contribution in [3.63, 3.8) is 0 Å². The summed E-state index contributed by atoms with van der Waals surface area (Å²) in [6, 6.07) is 28.5. The summed E-state index contributed by atoms with van der Waals surface area (Å²) in [7, 11) is -0.425. The molecule has 4 aromatic carbocycles.